The van der Waals surface area contributed by atoms with E-state index in [2.05, 4.69) is 5.32 Å². The summed E-state index contributed by atoms with van der Waals surface area (Å²) >= 11 is 0. The molecule has 0 spiro atoms. The van der Waals surface area contributed by atoms with E-state index in [9.17, 15) is 14.9 Å². The van der Waals surface area contributed by atoms with E-state index >= 15 is 0 Å². The van der Waals surface area contributed by atoms with Crippen LogP contribution >= 0.6 is 0 Å². The van der Waals surface area contributed by atoms with Gasteiger partial charge in [-0.3, -0.25) is 14.9 Å². The molecule has 0 atom stereocenters. The number of hydrogen-bond acceptors (Lipinski definition) is 4. The number of carbonyl (C=O) groups excluding carboxylic acids is 1. The van der Waals surface area contributed by atoms with Crippen LogP contribution in [0.3, 0.4) is 0 Å². The third-order valence-corrected chi connectivity index (χ3v) is 3.93. The Balaban J connectivity index is 1.94. The monoisotopic (exact) mass is 308 g/mol. The van der Waals surface area contributed by atoms with Gasteiger partial charge in [-0.15, -0.1) is 0 Å². The van der Waals surface area contributed by atoms with E-state index in [1.165, 1.54) is 49.5 Å². The lowest BCUT2D eigenvalue weighted by Crippen LogP contribution is -3.12. The average molecular weight is 308 g/mol. The standard InChI is InChI=1S/C15H21N3O4/c1-22-14-6-5-12(18(20)21)11-13(14)16-15(19)7-10-17-8-3-2-4-9-17/h5-6,11H,2-4,7-10H2,1H3,(H,16,19)/p+1. The van der Waals surface area contributed by atoms with E-state index in [0.29, 0.717) is 17.9 Å². The van der Waals surface area contributed by atoms with Gasteiger partial charge in [0.1, 0.15) is 5.75 Å². The van der Waals surface area contributed by atoms with Gasteiger partial charge in [-0.2, -0.15) is 0 Å². The number of nitro benzene ring substituents is 1. The normalized spacial score (nSPS) is 15.3. The Bertz CT molecular complexity index is 542. The smallest absolute Gasteiger partial charge is 0.271 e. The maximum atomic E-state index is 12.1. The largest absolute Gasteiger partial charge is 0.495 e. The first-order valence-corrected chi connectivity index (χ1v) is 7.56. The quantitative estimate of drug-likeness (QED) is 0.606. The molecule has 0 aromatic heterocycles. The van der Waals surface area contributed by atoms with Crippen LogP contribution in [0.2, 0.25) is 0 Å². The Hall–Kier alpha value is -2.15. The number of hydrogen-bond donors (Lipinski definition) is 2. The summed E-state index contributed by atoms with van der Waals surface area (Å²) in [5.41, 5.74) is 0.271. The average Bonchev–Trinajstić information content (AvgIpc) is 2.53. The molecular weight excluding hydrogens is 286 g/mol. The number of nitrogens with zero attached hydrogens (tertiary/aromatic N) is 1. The molecule has 1 aliphatic heterocycles. The van der Waals surface area contributed by atoms with Gasteiger partial charge in [0.2, 0.25) is 5.91 Å². The fourth-order valence-electron chi connectivity index (χ4n) is 2.71. The van der Waals surface area contributed by atoms with Crippen LogP contribution < -0.4 is 15.0 Å². The molecule has 1 aromatic carbocycles. The Morgan fingerprint density at radius 3 is 2.73 bits per heavy atom. The minimum absolute atomic E-state index is 0.0715. The molecule has 0 radical (unpaired) electrons. The Labute approximate surface area is 129 Å². The number of anilines is 1. The third kappa shape index (κ3) is 4.42. The molecule has 22 heavy (non-hydrogen) atoms. The fraction of sp³-hybridized carbons (Fsp3) is 0.533. The van der Waals surface area contributed by atoms with Crippen molar-refractivity contribution in [1.82, 2.24) is 0 Å². The number of carbonyl (C=O) groups is 1. The Kier molecular flexibility index (Phi) is 5.71. The number of benzene rings is 1. The molecule has 0 aliphatic carbocycles. The van der Waals surface area contributed by atoms with Crippen molar-refractivity contribution < 1.29 is 19.4 Å². The maximum absolute atomic E-state index is 12.1. The lowest BCUT2D eigenvalue weighted by atomic mass is 10.1. The topological polar surface area (TPSA) is 85.9 Å². The van der Waals surface area contributed by atoms with E-state index < -0.39 is 4.92 Å². The lowest BCUT2D eigenvalue weighted by molar-refractivity contribution is -0.904. The second kappa shape index (κ2) is 7.74. The molecule has 120 valence electrons. The summed E-state index contributed by atoms with van der Waals surface area (Å²) in [5, 5.41) is 13.5. The van der Waals surface area contributed by atoms with Gasteiger partial charge in [0.05, 0.1) is 43.8 Å². The van der Waals surface area contributed by atoms with Crippen LogP contribution in [0.1, 0.15) is 25.7 Å². The van der Waals surface area contributed by atoms with Crippen LogP contribution in [0, 0.1) is 10.1 Å². The Morgan fingerprint density at radius 1 is 1.36 bits per heavy atom. The van der Waals surface area contributed by atoms with Crippen LogP contribution in [0.15, 0.2) is 18.2 Å². The van der Waals surface area contributed by atoms with Crippen LogP contribution in [0.25, 0.3) is 0 Å². The number of methoxy groups -OCH3 is 1. The predicted octanol–water partition coefficient (Wildman–Crippen LogP) is 1.00. The summed E-state index contributed by atoms with van der Waals surface area (Å²) in [7, 11) is 1.47. The summed E-state index contributed by atoms with van der Waals surface area (Å²) in [4.78, 5) is 23.8. The van der Waals surface area contributed by atoms with Gasteiger partial charge in [-0.05, 0) is 25.3 Å². The molecule has 0 bridgehead atoms. The number of piperidine rings is 1. The van der Waals surface area contributed by atoms with Crippen molar-refractivity contribution in [3.05, 3.63) is 28.3 Å². The van der Waals surface area contributed by atoms with Crippen LogP contribution in [0.5, 0.6) is 5.75 Å². The summed E-state index contributed by atoms with van der Waals surface area (Å²) < 4.78 is 5.13. The first kappa shape index (κ1) is 16.2. The highest BCUT2D eigenvalue weighted by atomic mass is 16.6. The molecule has 7 heteroatoms. The molecule has 1 fully saturated rings. The molecule has 1 aliphatic rings. The summed E-state index contributed by atoms with van der Waals surface area (Å²) in [6.45, 7) is 3.03. The van der Waals surface area contributed by atoms with E-state index in [1.54, 1.807) is 0 Å². The number of nitrogens with one attached hydrogen (secondary N) is 2. The lowest BCUT2D eigenvalue weighted by Gasteiger charge is -2.23. The second-order valence-electron chi connectivity index (χ2n) is 5.50. The van der Waals surface area contributed by atoms with Gasteiger partial charge >= 0.3 is 0 Å². The SMILES string of the molecule is COc1ccc([N+](=O)[O-])cc1NC(=O)CC[NH+]1CCCCC1. The third-order valence-electron chi connectivity index (χ3n) is 3.93. The number of likely N-dealkylation sites (tertiary alicyclic amines) is 1. The van der Waals surface area contributed by atoms with E-state index in [0.717, 1.165) is 19.6 Å². The highest BCUT2D eigenvalue weighted by Crippen LogP contribution is 2.28. The van der Waals surface area contributed by atoms with Gasteiger partial charge in [0.25, 0.3) is 5.69 Å². The zero-order valence-electron chi connectivity index (χ0n) is 12.8. The molecule has 2 rings (SSSR count). The first-order valence-electron chi connectivity index (χ1n) is 7.56. The number of non-ortho nitro benzene ring substituents is 1. The van der Waals surface area contributed by atoms with Crippen molar-refractivity contribution in [3.8, 4) is 5.75 Å². The van der Waals surface area contributed by atoms with Crippen molar-refractivity contribution in [2.45, 2.75) is 25.7 Å². The zero-order chi connectivity index (χ0) is 15.9. The highest BCUT2D eigenvalue weighted by molar-refractivity contribution is 5.92. The number of amides is 1. The molecule has 1 heterocycles. The van der Waals surface area contributed by atoms with Crippen molar-refractivity contribution in [3.63, 3.8) is 0 Å². The minimum atomic E-state index is -0.493. The van der Waals surface area contributed by atoms with Crippen molar-refractivity contribution in [2.75, 3.05) is 32.1 Å². The number of rotatable bonds is 6. The summed E-state index contributed by atoms with van der Waals surface area (Å²) in [5.74, 6) is 0.279. The molecule has 2 N–H and O–H groups in total. The molecule has 1 amide bonds. The first-order chi connectivity index (χ1) is 10.6. The molecule has 1 saturated heterocycles. The minimum Gasteiger partial charge on any atom is -0.495 e. The molecule has 0 unspecified atom stereocenters. The molecule has 1 aromatic rings. The van der Waals surface area contributed by atoms with E-state index in [-0.39, 0.29) is 11.6 Å². The number of ether oxygens (including phenoxy) is 1. The predicted molar refractivity (Wildman–Crippen MR) is 82.3 cm³/mol. The van der Waals surface area contributed by atoms with Crippen LogP contribution in [-0.2, 0) is 4.79 Å². The van der Waals surface area contributed by atoms with Crippen molar-refractivity contribution in [1.29, 1.82) is 0 Å². The molecule has 7 nitrogen and oxygen atoms in total. The molecular formula is C15H22N3O4+. The van der Waals surface area contributed by atoms with Crippen LogP contribution in [0.4, 0.5) is 11.4 Å². The fourth-order valence-corrected chi connectivity index (χ4v) is 2.71. The summed E-state index contributed by atoms with van der Waals surface area (Å²) in [6, 6.07) is 4.17. The Morgan fingerprint density at radius 2 is 2.09 bits per heavy atom. The van der Waals surface area contributed by atoms with Crippen molar-refractivity contribution >= 4 is 17.3 Å². The van der Waals surface area contributed by atoms with Gasteiger partial charge in [0, 0.05) is 12.1 Å². The molecule has 0 saturated carbocycles. The van der Waals surface area contributed by atoms with E-state index in [4.69, 9.17) is 4.74 Å². The van der Waals surface area contributed by atoms with Gasteiger partial charge in [-0.25, -0.2) is 0 Å². The summed E-state index contributed by atoms with van der Waals surface area (Å²) in [6.07, 6.45) is 4.12. The zero-order valence-corrected chi connectivity index (χ0v) is 12.8. The maximum Gasteiger partial charge on any atom is 0.271 e. The highest BCUT2D eigenvalue weighted by Gasteiger charge is 2.17. The van der Waals surface area contributed by atoms with Gasteiger partial charge in [0.15, 0.2) is 0 Å². The van der Waals surface area contributed by atoms with Crippen molar-refractivity contribution in [2.24, 2.45) is 0 Å². The van der Waals surface area contributed by atoms with Crippen LogP contribution in [-0.4, -0.2) is 37.6 Å². The van der Waals surface area contributed by atoms with Gasteiger partial charge in [-0.1, -0.05) is 0 Å². The van der Waals surface area contributed by atoms with E-state index in [1.807, 2.05) is 0 Å². The number of nitro groups is 1. The number of quaternary nitrogens is 1. The van der Waals surface area contributed by atoms with Gasteiger partial charge < -0.3 is 15.0 Å². The second-order valence-corrected chi connectivity index (χ2v) is 5.50.